The summed E-state index contributed by atoms with van der Waals surface area (Å²) < 4.78 is 6.63. The average molecular weight is 330 g/mol. The van der Waals surface area contributed by atoms with E-state index in [2.05, 4.69) is 18.3 Å². The average Bonchev–Trinajstić information content (AvgIpc) is 2.83. The van der Waals surface area contributed by atoms with Gasteiger partial charge in [0.15, 0.2) is 0 Å². The number of rotatable bonds is 7. The first kappa shape index (κ1) is 15.6. The maximum atomic E-state index is 5.96. The van der Waals surface area contributed by atoms with E-state index in [0.29, 0.717) is 11.6 Å². The quantitative estimate of drug-likeness (QED) is 0.797. The SMILES string of the molecule is CCNC(COc1ccc(Cl)cc1)Cc1ccc(Cl)s1. The van der Waals surface area contributed by atoms with Gasteiger partial charge in [-0.3, -0.25) is 0 Å². The van der Waals surface area contributed by atoms with Crippen molar-refractivity contribution in [1.82, 2.24) is 5.32 Å². The summed E-state index contributed by atoms with van der Waals surface area (Å²) in [7, 11) is 0. The smallest absolute Gasteiger partial charge is 0.119 e. The maximum Gasteiger partial charge on any atom is 0.119 e. The molecule has 1 N–H and O–H groups in total. The van der Waals surface area contributed by atoms with E-state index in [-0.39, 0.29) is 6.04 Å². The molecule has 0 saturated carbocycles. The van der Waals surface area contributed by atoms with E-state index < -0.39 is 0 Å². The number of thiophene rings is 1. The Balaban J connectivity index is 1.90. The molecule has 1 heterocycles. The highest BCUT2D eigenvalue weighted by molar-refractivity contribution is 7.16. The van der Waals surface area contributed by atoms with E-state index in [1.165, 1.54) is 4.88 Å². The molecule has 0 aliphatic rings. The molecule has 0 saturated heterocycles. The summed E-state index contributed by atoms with van der Waals surface area (Å²) in [6.45, 7) is 3.62. The summed E-state index contributed by atoms with van der Waals surface area (Å²) in [5.74, 6) is 0.835. The van der Waals surface area contributed by atoms with Crippen LogP contribution in [0, 0.1) is 0 Å². The van der Waals surface area contributed by atoms with Crippen molar-refractivity contribution < 1.29 is 4.74 Å². The fourth-order valence-corrected chi connectivity index (χ4v) is 3.20. The van der Waals surface area contributed by atoms with Gasteiger partial charge in [0.05, 0.1) is 4.34 Å². The molecule has 0 fully saturated rings. The fourth-order valence-electron chi connectivity index (χ4n) is 1.91. The third-order valence-electron chi connectivity index (χ3n) is 2.83. The molecule has 0 spiro atoms. The molecule has 2 rings (SSSR count). The van der Waals surface area contributed by atoms with Gasteiger partial charge in [0.2, 0.25) is 0 Å². The van der Waals surface area contributed by atoms with Gasteiger partial charge in [0, 0.05) is 22.4 Å². The van der Waals surface area contributed by atoms with Gasteiger partial charge in [-0.2, -0.15) is 0 Å². The van der Waals surface area contributed by atoms with Crippen LogP contribution >= 0.6 is 34.5 Å². The second kappa shape index (κ2) is 7.89. The lowest BCUT2D eigenvalue weighted by Crippen LogP contribution is -2.36. The van der Waals surface area contributed by atoms with Crippen molar-refractivity contribution >= 4 is 34.5 Å². The second-order valence-corrected chi connectivity index (χ2v) is 6.67. The Kier molecular flexibility index (Phi) is 6.17. The van der Waals surface area contributed by atoms with Crippen LogP contribution in [-0.4, -0.2) is 19.2 Å². The zero-order valence-electron chi connectivity index (χ0n) is 11.2. The Morgan fingerprint density at radius 2 is 1.90 bits per heavy atom. The summed E-state index contributed by atoms with van der Waals surface area (Å²) in [4.78, 5) is 1.26. The highest BCUT2D eigenvalue weighted by atomic mass is 35.5. The highest BCUT2D eigenvalue weighted by Gasteiger charge is 2.11. The number of hydrogen-bond acceptors (Lipinski definition) is 3. The Morgan fingerprint density at radius 1 is 1.15 bits per heavy atom. The minimum absolute atomic E-state index is 0.269. The Labute approximate surface area is 133 Å². The lowest BCUT2D eigenvalue weighted by Gasteiger charge is -2.18. The lowest BCUT2D eigenvalue weighted by molar-refractivity contribution is 0.265. The van der Waals surface area contributed by atoms with Gasteiger partial charge in [-0.15, -0.1) is 11.3 Å². The van der Waals surface area contributed by atoms with E-state index in [9.17, 15) is 0 Å². The molecule has 1 unspecified atom stereocenters. The van der Waals surface area contributed by atoms with Crippen LogP contribution in [0.25, 0.3) is 0 Å². The second-order valence-electron chi connectivity index (χ2n) is 4.43. The van der Waals surface area contributed by atoms with E-state index in [4.69, 9.17) is 27.9 Å². The molecule has 20 heavy (non-hydrogen) atoms. The topological polar surface area (TPSA) is 21.3 Å². The van der Waals surface area contributed by atoms with Crippen LogP contribution in [0.4, 0.5) is 0 Å². The van der Waals surface area contributed by atoms with Gasteiger partial charge in [0.1, 0.15) is 12.4 Å². The van der Waals surface area contributed by atoms with Gasteiger partial charge in [-0.25, -0.2) is 0 Å². The van der Waals surface area contributed by atoms with Gasteiger partial charge < -0.3 is 10.1 Å². The zero-order valence-corrected chi connectivity index (χ0v) is 13.6. The van der Waals surface area contributed by atoms with Gasteiger partial charge >= 0.3 is 0 Å². The minimum Gasteiger partial charge on any atom is -0.492 e. The first-order valence-corrected chi connectivity index (χ1v) is 8.10. The van der Waals surface area contributed by atoms with E-state index >= 15 is 0 Å². The first-order valence-electron chi connectivity index (χ1n) is 6.53. The number of ether oxygens (including phenoxy) is 1. The summed E-state index contributed by atoms with van der Waals surface area (Å²) in [6, 6.07) is 11.7. The van der Waals surface area contributed by atoms with Crippen LogP contribution in [0.3, 0.4) is 0 Å². The van der Waals surface area contributed by atoms with Gasteiger partial charge in [-0.05, 0) is 42.9 Å². The molecule has 0 radical (unpaired) electrons. The number of likely N-dealkylation sites (N-methyl/N-ethyl adjacent to an activating group) is 1. The molecule has 0 aliphatic carbocycles. The molecule has 2 aromatic rings. The maximum absolute atomic E-state index is 5.96. The predicted octanol–water partition coefficient (Wildman–Crippen LogP) is 4.65. The van der Waals surface area contributed by atoms with Crippen molar-refractivity contribution in [2.24, 2.45) is 0 Å². The van der Waals surface area contributed by atoms with Crippen molar-refractivity contribution in [2.75, 3.05) is 13.2 Å². The number of benzene rings is 1. The van der Waals surface area contributed by atoms with Crippen molar-refractivity contribution in [3.63, 3.8) is 0 Å². The monoisotopic (exact) mass is 329 g/mol. The Morgan fingerprint density at radius 3 is 2.50 bits per heavy atom. The lowest BCUT2D eigenvalue weighted by atomic mass is 10.2. The first-order chi connectivity index (χ1) is 9.67. The Hall–Kier alpha value is -0.740. The molecule has 1 atom stereocenters. The Bertz CT molecular complexity index is 527. The number of halogens is 2. The van der Waals surface area contributed by atoms with Crippen LogP contribution in [0.5, 0.6) is 5.75 Å². The third kappa shape index (κ3) is 4.98. The van der Waals surface area contributed by atoms with E-state index in [1.54, 1.807) is 11.3 Å². The molecule has 0 aliphatic heterocycles. The van der Waals surface area contributed by atoms with Crippen molar-refractivity contribution in [2.45, 2.75) is 19.4 Å². The largest absolute Gasteiger partial charge is 0.492 e. The molecule has 1 aromatic carbocycles. The molecular weight excluding hydrogens is 313 g/mol. The molecule has 0 bridgehead atoms. The highest BCUT2D eigenvalue weighted by Crippen LogP contribution is 2.23. The molecular formula is C15H17Cl2NOS. The minimum atomic E-state index is 0.269. The molecule has 2 nitrogen and oxygen atoms in total. The normalized spacial score (nSPS) is 12.3. The molecule has 108 valence electrons. The third-order valence-corrected chi connectivity index (χ3v) is 4.34. The van der Waals surface area contributed by atoms with Crippen LogP contribution in [-0.2, 0) is 6.42 Å². The summed E-state index contributed by atoms with van der Waals surface area (Å²) in [5, 5.41) is 4.15. The van der Waals surface area contributed by atoms with Gasteiger partial charge in [0.25, 0.3) is 0 Å². The van der Waals surface area contributed by atoms with Gasteiger partial charge in [-0.1, -0.05) is 30.1 Å². The summed E-state index contributed by atoms with van der Waals surface area (Å²) in [6.07, 6.45) is 0.915. The molecule has 5 heteroatoms. The number of hydrogen-bond donors (Lipinski definition) is 1. The van der Waals surface area contributed by atoms with Crippen LogP contribution in [0.2, 0.25) is 9.36 Å². The molecule has 0 amide bonds. The van der Waals surface area contributed by atoms with E-state index in [0.717, 1.165) is 23.1 Å². The number of nitrogens with one attached hydrogen (secondary N) is 1. The van der Waals surface area contributed by atoms with Crippen LogP contribution < -0.4 is 10.1 Å². The van der Waals surface area contributed by atoms with Crippen molar-refractivity contribution in [3.8, 4) is 5.75 Å². The van der Waals surface area contributed by atoms with Crippen LogP contribution in [0.1, 0.15) is 11.8 Å². The van der Waals surface area contributed by atoms with Crippen molar-refractivity contribution in [3.05, 3.63) is 50.6 Å². The predicted molar refractivity (Wildman–Crippen MR) is 87.4 cm³/mol. The zero-order chi connectivity index (χ0) is 14.4. The van der Waals surface area contributed by atoms with E-state index in [1.807, 2.05) is 30.3 Å². The van der Waals surface area contributed by atoms with Crippen LogP contribution in [0.15, 0.2) is 36.4 Å². The molecule has 1 aromatic heterocycles. The van der Waals surface area contributed by atoms with Crippen molar-refractivity contribution in [1.29, 1.82) is 0 Å². The summed E-state index contributed by atoms with van der Waals surface area (Å²) >= 11 is 13.4. The standard InChI is InChI=1S/C15H17Cl2NOS/c1-2-18-12(9-14-7-8-15(17)20-14)10-19-13-5-3-11(16)4-6-13/h3-8,12,18H,2,9-10H2,1H3. The fraction of sp³-hybridized carbons (Fsp3) is 0.333. The summed E-state index contributed by atoms with van der Waals surface area (Å²) in [5.41, 5.74) is 0.